The highest BCUT2D eigenvalue weighted by molar-refractivity contribution is 14.1. The van der Waals surface area contributed by atoms with Crippen molar-refractivity contribution in [2.75, 3.05) is 0 Å². The Hall–Kier alpha value is -0.120. The number of hydrogen-bond acceptors (Lipinski definition) is 1. The van der Waals surface area contributed by atoms with Crippen molar-refractivity contribution < 1.29 is 0 Å². The summed E-state index contributed by atoms with van der Waals surface area (Å²) in [5.41, 5.74) is 1.33. The van der Waals surface area contributed by atoms with Gasteiger partial charge in [-0.05, 0) is 46.6 Å². The normalized spacial score (nSPS) is 10.5. The second-order valence-electron chi connectivity index (χ2n) is 3.09. The zero-order valence-corrected chi connectivity index (χ0v) is 9.00. The van der Waals surface area contributed by atoms with Gasteiger partial charge in [0.15, 0.2) is 0 Å². The summed E-state index contributed by atoms with van der Waals surface area (Å²) in [4.78, 5) is 4.22. The van der Waals surface area contributed by atoms with E-state index >= 15 is 0 Å². The van der Waals surface area contributed by atoms with Crippen molar-refractivity contribution in [3.63, 3.8) is 0 Å². The van der Waals surface area contributed by atoms with Gasteiger partial charge in [0.05, 0.1) is 0 Å². The van der Waals surface area contributed by atoms with Crippen LogP contribution >= 0.6 is 22.6 Å². The standard InChI is InChI=1S/C9H12IN/c1-7(2)5-8-3-4-9(10)11-6-8/h3-4,6-7H,5H2,1-2H3. The van der Waals surface area contributed by atoms with Crippen molar-refractivity contribution in [1.29, 1.82) is 0 Å². The predicted octanol–water partition coefficient (Wildman–Crippen LogP) is 2.88. The fraction of sp³-hybridized carbons (Fsp3) is 0.444. The van der Waals surface area contributed by atoms with Gasteiger partial charge in [0.2, 0.25) is 0 Å². The zero-order chi connectivity index (χ0) is 8.27. The number of pyridine rings is 1. The van der Waals surface area contributed by atoms with E-state index in [0.717, 1.165) is 16.0 Å². The first-order valence-corrected chi connectivity index (χ1v) is 4.87. The maximum absolute atomic E-state index is 4.22. The van der Waals surface area contributed by atoms with Gasteiger partial charge in [-0.3, -0.25) is 4.98 Å². The first kappa shape index (κ1) is 8.97. The Morgan fingerprint density at radius 3 is 2.64 bits per heavy atom. The predicted molar refractivity (Wildman–Crippen MR) is 55.5 cm³/mol. The zero-order valence-electron chi connectivity index (χ0n) is 6.84. The third-order valence-corrected chi connectivity index (χ3v) is 2.07. The lowest BCUT2D eigenvalue weighted by molar-refractivity contribution is 0.645. The maximum atomic E-state index is 4.22. The average Bonchev–Trinajstić information content (AvgIpc) is 1.93. The minimum atomic E-state index is 0.719. The fourth-order valence-electron chi connectivity index (χ4n) is 0.999. The molecule has 0 atom stereocenters. The highest BCUT2D eigenvalue weighted by Gasteiger charge is 1.96. The van der Waals surface area contributed by atoms with Crippen LogP contribution in [0.1, 0.15) is 19.4 Å². The highest BCUT2D eigenvalue weighted by Crippen LogP contribution is 2.07. The molecular weight excluding hydrogens is 249 g/mol. The Morgan fingerprint density at radius 1 is 1.45 bits per heavy atom. The molecule has 60 valence electrons. The Bertz CT molecular complexity index is 216. The molecule has 0 saturated carbocycles. The topological polar surface area (TPSA) is 12.9 Å². The Labute approximate surface area is 81.4 Å². The third kappa shape index (κ3) is 3.18. The second-order valence-corrected chi connectivity index (χ2v) is 4.19. The maximum Gasteiger partial charge on any atom is 0.101 e. The van der Waals surface area contributed by atoms with E-state index in [1.54, 1.807) is 0 Å². The lowest BCUT2D eigenvalue weighted by atomic mass is 10.1. The van der Waals surface area contributed by atoms with Crippen LogP contribution in [0.2, 0.25) is 0 Å². The van der Waals surface area contributed by atoms with E-state index in [1.165, 1.54) is 5.56 Å². The smallest absolute Gasteiger partial charge is 0.101 e. The SMILES string of the molecule is CC(C)Cc1ccc(I)nc1. The van der Waals surface area contributed by atoms with Gasteiger partial charge in [0, 0.05) is 6.20 Å². The fourth-order valence-corrected chi connectivity index (χ4v) is 1.32. The van der Waals surface area contributed by atoms with Gasteiger partial charge >= 0.3 is 0 Å². The van der Waals surface area contributed by atoms with E-state index in [2.05, 4.69) is 53.6 Å². The number of halogens is 1. The molecule has 0 aromatic carbocycles. The molecule has 1 rings (SSSR count). The van der Waals surface area contributed by atoms with E-state index in [-0.39, 0.29) is 0 Å². The van der Waals surface area contributed by atoms with Crippen LogP contribution in [0, 0.1) is 9.62 Å². The third-order valence-electron chi connectivity index (χ3n) is 1.43. The molecule has 0 radical (unpaired) electrons. The van der Waals surface area contributed by atoms with Crippen LogP contribution < -0.4 is 0 Å². The van der Waals surface area contributed by atoms with Crippen molar-refractivity contribution in [3.05, 3.63) is 27.6 Å². The molecule has 11 heavy (non-hydrogen) atoms. The molecule has 0 spiro atoms. The van der Waals surface area contributed by atoms with E-state index in [1.807, 2.05) is 6.20 Å². The molecule has 0 bridgehead atoms. The lowest BCUT2D eigenvalue weighted by Gasteiger charge is -2.03. The van der Waals surface area contributed by atoms with Crippen molar-refractivity contribution in [1.82, 2.24) is 4.98 Å². The van der Waals surface area contributed by atoms with Crippen molar-refractivity contribution >= 4 is 22.6 Å². The number of aromatic nitrogens is 1. The summed E-state index contributed by atoms with van der Waals surface area (Å²) < 4.78 is 1.06. The van der Waals surface area contributed by atoms with Gasteiger partial charge in [-0.2, -0.15) is 0 Å². The molecule has 0 unspecified atom stereocenters. The Morgan fingerprint density at radius 2 is 2.18 bits per heavy atom. The van der Waals surface area contributed by atoms with Crippen molar-refractivity contribution in [3.8, 4) is 0 Å². The van der Waals surface area contributed by atoms with E-state index in [4.69, 9.17) is 0 Å². The van der Waals surface area contributed by atoms with E-state index < -0.39 is 0 Å². The molecule has 1 heterocycles. The van der Waals surface area contributed by atoms with Crippen LogP contribution in [-0.2, 0) is 6.42 Å². The molecule has 2 heteroatoms. The van der Waals surface area contributed by atoms with Crippen LogP contribution in [0.25, 0.3) is 0 Å². The quantitative estimate of drug-likeness (QED) is 0.589. The molecule has 0 N–H and O–H groups in total. The summed E-state index contributed by atoms with van der Waals surface area (Å²) >= 11 is 2.22. The highest BCUT2D eigenvalue weighted by atomic mass is 127. The summed E-state index contributed by atoms with van der Waals surface area (Å²) in [6.45, 7) is 4.44. The molecule has 0 saturated heterocycles. The second kappa shape index (κ2) is 4.04. The summed E-state index contributed by atoms with van der Waals surface area (Å²) in [6.07, 6.45) is 3.09. The van der Waals surface area contributed by atoms with Crippen LogP contribution in [0.4, 0.5) is 0 Å². The van der Waals surface area contributed by atoms with Crippen molar-refractivity contribution in [2.45, 2.75) is 20.3 Å². The minimum Gasteiger partial charge on any atom is -0.250 e. The van der Waals surface area contributed by atoms with Crippen LogP contribution in [0.5, 0.6) is 0 Å². The molecule has 0 aliphatic rings. The molecule has 1 nitrogen and oxygen atoms in total. The monoisotopic (exact) mass is 261 g/mol. The molecule has 0 aliphatic carbocycles. The van der Waals surface area contributed by atoms with Gasteiger partial charge in [0.1, 0.15) is 3.70 Å². The Balaban J connectivity index is 2.66. The number of hydrogen-bond donors (Lipinski definition) is 0. The lowest BCUT2D eigenvalue weighted by Crippen LogP contribution is -1.94. The van der Waals surface area contributed by atoms with Gasteiger partial charge in [-0.15, -0.1) is 0 Å². The van der Waals surface area contributed by atoms with E-state index in [9.17, 15) is 0 Å². The van der Waals surface area contributed by atoms with Gasteiger partial charge < -0.3 is 0 Å². The molecule has 0 aliphatic heterocycles. The van der Waals surface area contributed by atoms with Crippen LogP contribution in [-0.4, -0.2) is 4.98 Å². The largest absolute Gasteiger partial charge is 0.250 e. The molecule has 1 aromatic rings. The first-order valence-electron chi connectivity index (χ1n) is 3.79. The van der Waals surface area contributed by atoms with Crippen molar-refractivity contribution in [2.24, 2.45) is 5.92 Å². The molecular formula is C9H12IN. The summed E-state index contributed by atoms with van der Waals surface area (Å²) in [5.74, 6) is 0.719. The first-order chi connectivity index (χ1) is 5.18. The molecule has 0 amide bonds. The summed E-state index contributed by atoms with van der Waals surface area (Å²) in [6, 6.07) is 4.20. The summed E-state index contributed by atoms with van der Waals surface area (Å²) in [7, 11) is 0. The minimum absolute atomic E-state index is 0.719. The Kier molecular flexibility index (Phi) is 3.30. The van der Waals surface area contributed by atoms with Gasteiger partial charge in [-0.25, -0.2) is 0 Å². The van der Waals surface area contributed by atoms with Gasteiger partial charge in [-0.1, -0.05) is 19.9 Å². The van der Waals surface area contributed by atoms with E-state index in [0.29, 0.717) is 0 Å². The average molecular weight is 261 g/mol. The number of nitrogens with zero attached hydrogens (tertiary/aromatic N) is 1. The summed E-state index contributed by atoms with van der Waals surface area (Å²) in [5, 5.41) is 0. The number of rotatable bonds is 2. The van der Waals surface area contributed by atoms with Crippen LogP contribution in [0.15, 0.2) is 18.3 Å². The molecule has 1 aromatic heterocycles. The van der Waals surface area contributed by atoms with Crippen LogP contribution in [0.3, 0.4) is 0 Å². The molecule has 0 fully saturated rings. The van der Waals surface area contributed by atoms with Gasteiger partial charge in [0.25, 0.3) is 0 Å².